The number of quaternary nitrogens is 1. The van der Waals surface area contributed by atoms with Crippen molar-refractivity contribution in [3.8, 4) is 0 Å². The van der Waals surface area contributed by atoms with Gasteiger partial charge in [0.1, 0.15) is 19.8 Å². The molecule has 9 nitrogen and oxygen atoms in total. The van der Waals surface area contributed by atoms with E-state index >= 15 is 0 Å². The summed E-state index contributed by atoms with van der Waals surface area (Å²) in [5.41, 5.74) is 0. The molecule has 0 amide bonds. The Morgan fingerprint density at radius 3 is 1.40 bits per heavy atom. The van der Waals surface area contributed by atoms with Gasteiger partial charge in [-0.15, -0.1) is 0 Å². The highest BCUT2D eigenvalue weighted by Crippen LogP contribution is 2.38. The van der Waals surface area contributed by atoms with Crippen molar-refractivity contribution in [3.63, 3.8) is 0 Å². The number of phosphoric ester groups is 1. The van der Waals surface area contributed by atoms with E-state index in [2.05, 4.69) is 123 Å². The van der Waals surface area contributed by atoms with Crippen LogP contribution in [0.4, 0.5) is 0 Å². The normalized spacial score (nSPS) is 14.6. The van der Waals surface area contributed by atoms with Crippen molar-refractivity contribution in [1.82, 2.24) is 0 Å². The molecule has 0 N–H and O–H groups in total. The molecule has 0 fully saturated rings. The minimum Gasteiger partial charge on any atom is -0.756 e. The molecular weight excluding hydrogens is 798 g/mol. The summed E-state index contributed by atoms with van der Waals surface area (Å²) in [4.78, 5) is 37.6. The molecule has 350 valence electrons. The maximum absolute atomic E-state index is 12.7. The number of rotatable bonds is 40. The lowest BCUT2D eigenvalue weighted by molar-refractivity contribution is -0.870. The Bertz CT molecular complexity index is 1460. The first-order valence-electron chi connectivity index (χ1n) is 23.2. The van der Waals surface area contributed by atoms with Crippen LogP contribution in [0, 0.1) is 0 Å². The lowest BCUT2D eigenvalue weighted by atomic mass is 10.1. The number of hydrogen-bond acceptors (Lipinski definition) is 8. The number of esters is 2. The SMILES string of the molecule is CC/C=C/C/C=C/C/C=C/C/C=C/C/C=C/CCCCCC(=O)O[C@H](COC(=O)CC/C=C/C/C=C/C/C=C/C/C=C/C/C=C/CCCCC)COP(=O)([O-])OCC[N+](C)(C)C. The molecule has 0 bridgehead atoms. The largest absolute Gasteiger partial charge is 0.756 e. The molecule has 0 aliphatic heterocycles. The first kappa shape index (κ1) is 58.4. The van der Waals surface area contributed by atoms with Gasteiger partial charge in [0, 0.05) is 12.8 Å². The standard InChI is InChI=1S/C52H84NO8P/c1-6-8-10-12-14-16-18-20-22-24-26-28-30-32-34-36-38-40-42-44-51(54)58-48-50(49-60-62(56,57)59-47-46-53(3,4)5)61-52(55)45-43-41-39-37-35-33-31-29-27-25-23-21-19-17-15-13-11-9-7-2/h9,11,14-17,20-23,26-29,32-35,38,40,50H,6-8,10,12-13,18-19,24-25,30-31,36-37,39,41-49H2,1-5H3/b11-9+,16-14+,17-15+,22-20+,23-21+,28-26+,29-27+,34-32+,35-33+,40-38+/t50-/m1/s1. The third-order valence-corrected chi connectivity index (χ3v) is 9.94. The Kier molecular flexibility index (Phi) is 40.2. The average molecular weight is 882 g/mol. The van der Waals surface area contributed by atoms with Crippen LogP contribution in [0.5, 0.6) is 0 Å². The highest BCUT2D eigenvalue weighted by Gasteiger charge is 2.21. The fourth-order valence-corrected chi connectivity index (χ4v) is 6.10. The van der Waals surface area contributed by atoms with E-state index in [9.17, 15) is 19.0 Å². The summed E-state index contributed by atoms with van der Waals surface area (Å²) in [5, 5.41) is 0. The quantitative estimate of drug-likeness (QED) is 0.0197. The molecule has 0 saturated carbocycles. The highest BCUT2D eigenvalue weighted by molar-refractivity contribution is 7.45. The van der Waals surface area contributed by atoms with Crippen LogP contribution in [0.2, 0.25) is 0 Å². The summed E-state index contributed by atoms with van der Waals surface area (Å²) >= 11 is 0. The van der Waals surface area contributed by atoms with Crippen molar-refractivity contribution in [2.75, 3.05) is 47.5 Å². The summed E-state index contributed by atoms with van der Waals surface area (Å²) in [6, 6.07) is 0. The minimum absolute atomic E-state index is 0.0563. The molecule has 0 spiro atoms. The summed E-state index contributed by atoms with van der Waals surface area (Å²) < 4.78 is 33.8. The Balaban J connectivity index is 4.54. The molecule has 0 aromatic rings. The fraction of sp³-hybridized carbons (Fsp3) is 0.577. The van der Waals surface area contributed by atoms with Crippen LogP contribution >= 0.6 is 7.82 Å². The molecule has 0 aromatic carbocycles. The van der Waals surface area contributed by atoms with E-state index in [1.807, 2.05) is 33.3 Å². The number of carbonyl (C=O) groups excluding carboxylic acids is 2. The van der Waals surface area contributed by atoms with E-state index in [0.29, 0.717) is 23.9 Å². The summed E-state index contributed by atoms with van der Waals surface area (Å²) in [6.45, 7) is 3.93. The zero-order chi connectivity index (χ0) is 45.7. The Morgan fingerprint density at radius 1 is 0.516 bits per heavy atom. The molecule has 0 rings (SSSR count). The topological polar surface area (TPSA) is 111 Å². The van der Waals surface area contributed by atoms with Gasteiger partial charge in [-0.25, -0.2) is 0 Å². The molecule has 0 aliphatic rings. The molecule has 1 unspecified atom stereocenters. The van der Waals surface area contributed by atoms with Crippen molar-refractivity contribution in [1.29, 1.82) is 0 Å². The summed E-state index contributed by atoms with van der Waals surface area (Å²) in [6.07, 6.45) is 59.6. The molecule has 10 heteroatoms. The third-order valence-electron chi connectivity index (χ3n) is 8.98. The molecule has 2 atom stereocenters. The van der Waals surface area contributed by atoms with E-state index in [4.69, 9.17) is 18.5 Å². The molecule has 0 aliphatic carbocycles. The fourth-order valence-electron chi connectivity index (χ4n) is 5.37. The summed E-state index contributed by atoms with van der Waals surface area (Å²) in [5.74, 6) is -0.982. The van der Waals surface area contributed by atoms with Crippen LogP contribution < -0.4 is 4.89 Å². The van der Waals surface area contributed by atoms with E-state index in [-0.39, 0.29) is 26.1 Å². The Hall–Kier alpha value is -3.59. The maximum Gasteiger partial charge on any atom is 0.306 e. The molecule has 0 saturated heterocycles. The molecular formula is C52H84NO8P. The zero-order valence-electron chi connectivity index (χ0n) is 39.3. The molecule has 0 heterocycles. The maximum atomic E-state index is 12.7. The van der Waals surface area contributed by atoms with Crippen molar-refractivity contribution in [3.05, 3.63) is 122 Å². The smallest absolute Gasteiger partial charge is 0.306 e. The van der Waals surface area contributed by atoms with Gasteiger partial charge in [-0.1, -0.05) is 155 Å². The second-order valence-electron chi connectivity index (χ2n) is 16.0. The van der Waals surface area contributed by atoms with Gasteiger partial charge in [-0.3, -0.25) is 14.2 Å². The van der Waals surface area contributed by atoms with Gasteiger partial charge in [0.2, 0.25) is 0 Å². The van der Waals surface area contributed by atoms with Crippen LogP contribution in [0.15, 0.2) is 122 Å². The molecule has 62 heavy (non-hydrogen) atoms. The van der Waals surface area contributed by atoms with Crippen LogP contribution in [0.3, 0.4) is 0 Å². The average Bonchev–Trinajstić information content (AvgIpc) is 3.23. The van der Waals surface area contributed by atoms with Crippen LogP contribution in [0.25, 0.3) is 0 Å². The lowest BCUT2D eigenvalue weighted by Gasteiger charge is -2.28. The predicted octanol–water partition coefficient (Wildman–Crippen LogP) is 13.1. The monoisotopic (exact) mass is 882 g/mol. The van der Waals surface area contributed by atoms with Crippen molar-refractivity contribution < 1.29 is 42.1 Å². The summed E-state index contributed by atoms with van der Waals surface area (Å²) in [7, 11) is 1.08. The molecule has 0 aromatic heterocycles. The van der Waals surface area contributed by atoms with Gasteiger partial charge in [-0.05, 0) is 96.3 Å². The number of likely N-dealkylation sites (N-methyl/N-ethyl adjacent to an activating group) is 1. The minimum atomic E-state index is -4.66. The second-order valence-corrected chi connectivity index (χ2v) is 17.4. The van der Waals surface area contributed by atoms with E-state index in [0.717, 1.165) is 77.0 Å². The van der Waals surface area contributed by atoms with E-state index in [1.165, 1.54) is 25.7 Å². The predicted molar refractivity (Wildman–Crippen MR) is 258 cm³/mol. The van der Waals surface area contributed by atoms with Gasteiger partial charge in [-0.2, -0.15) is 0 Å². The Morgan fingerprint density at radius 2 is 0.952 bits per heavy atom. The van der Waals surface area contributed by atoms with Crippen molar-refractivity contribution >= 4 is 19.8 Å². The van der Waals surface area contributed by atoms with E-state index < -0.39 is 32.5 Å². The van der Waals surface area contributed by atoms with Crippen molar-refractivity contribution in [2.45, 2.75) is 148 Å². The molecule has 0 radical (unpaired) electrons. The van der Waals surface area contributed by atoms with Crippen LogP contribution in [-0.2, 0) is 32.7 Å². The third kappa shape index (κ3) is 45.9. The number of hydrogen-bond donors (Lipinski definition) is 0. The zero-order valence-corrected chi connectivity index (χ0v) is 40.1. The number of nitrogens with zero attached hydrogens (tertiary/aromatic N) is 1. The van der Waals surface area contributed by atoms with Crippen LogP contribution in [0.1, 0.15) is 142 Å². The van der Waals surface area contributed by atoms with Gasteiger partial charge in [0.15, 0.2) is 6.10 Å². The number of ether oxygens (including phenoxy) is 2. The van der Waals surface area contributed by atoms with Gasteiger partial charge in [0.05, 0.1) is 27.7 Å². The lowest BCUT2D eigenvalue weighted by Crippen LogP contribution is -2.37. The van der Waals surface area contributed by atoms with Crippen molar-refractivity contribution in [2.24, 2.45) is 0 Å². The first-order valence-corrected chi connectivity index (χ1v) is 24.7. The van der Waals surface area contributed by atoms with Gasteiger partial charge >= 0.3 is 11.9 Å². The van der Waals surface area contributed by atoms with E-state index in [1.54, 1.807) is 0 Å². The highest BCUT2D eigenvalue weighted by atomic mass is 31.2. The van der Waals surface area contributed by atoms with Gasteiger partial charge < -0.3 is 27.9 Å². The number of unbranched alkanes of at least 4 members (excludes halogenated alkanes) is 6. The van der Waals surface area contributed by atoms with Crippen LogP contribution in [-0.4, -0.2) is 70.0 Å². The van der Waals surface area contributed by atoms with Gasteiger partial charge in [0.25, 0.3) is 7.82 Å². The first-order chi connectivity index (χ1) is 30.0. The number of phosphoric acid groups is 1. The second kappa shape index (κ2) is 42.7. The number of carbonyl (C=O) groups is 2. The number of allylic oxidation sites excluding steroid dienone is 20. The Labute approximate surface area is 378 Å².